The van der Waals surface area contributed by atoms with E-state index in [-0.39, 0.29) is 0 Å². The van der Waals surface area contributed by atoms with E-state index in [1.807, 2.05) is 60.7 Å². The first kappa shape index (κ1) is 15.6. The smallest absolute Gasteiger partial charge is 0.145 e. The van der Waals surface area contributed by atoms with Gasteiger partial charge in [0.2, 0.25) is 0 Å². The second-order valence-electron chi connectivity index (χ2n) is 4.99. The maximum Gasteiger partial charge on any atom is 0.145 e. The van der Waals surface area contributed by atoms with Crippen LogP contribution in [0.15, 0.2) is 53.0 Å². The van der Waals surface area contributed by atoms with Gasteiger partial charge in [-0.15, -0.1) is 0 Å². The Morgan fingerprint density at radius 1 is 0.913 bits per heavy atom. The van der Waals surface area contributed by atoms with Crippen LogP contribution in [-0.2, 0) is 0 Å². The van der Waals surface area contributed by atoms with Crippen molar-refractivity contribution in [3.63, 3.8) is 0 Å². The van der Waals surface area contributed by atoms with Gasteiger partial charge in [0.15, 0.2) is 0 Å². The monoisotopic (exact) mass is 369 g/mol. The van der Waals surface area contributed by atoms with Crippen molar-refractivity contribution in [1.29, 1.82) is 0 Å². The Morgan fingerprint density at radius 2 is 1.74 bits per heavy atom. The van der Waals surface area contributed by atoms with Crippen molar-refractivity contribution >= 4 is 39.0 Å². The van der Waals surface area contributed by atoms with Crippen LogP contribution in [0.3, 0.4) is 0 Å². The standard InChI is InChI=1S/C19H16BrNO2/c1-22-17-11-8-15(20)12-14(17)7-10-16-9-6-13-4-3-5-18(23-2)19(13)21-16/h3-12H,1-2H3/b10-7+. The largest absolute Gasteiger partial charge is 0.496 e. The highest BCUT2D eigenvalue weighted by atomic mass is 79.9. The van der Waals surface area contributed by atoms with E-state index in [4.69, 9.17) is 9.47 Å². The van der Waals surface area contributed by atoms with Gasteiger partial charge < -0.3 is 9.47 Å². The summed E-state index contributed by atoms with van der Waals surface area (Å²) in [6.07, 6.45) is 3.96. The zero-order valence-electron chi connectivity index (χ0n) is 12.9. The van der Waals surface area contributed by atoms with Crippen LogP contribution in [0.4, 0.5) is 0 Å². The minimum atomic E-state index is 0.776. The molecule has 0 aliphatic rings. The first-order valence-corrected chi connectivity index (χ1v) is 7.96. The number of ether oxygens (including phenoxy) is 2. The molecule has 3 rings (SSSR count). The van der Waals surface area contributed by atoms with E-state index in [9.17, 15) is 0 Å². The maximum atomic E-state index is 5.38. The number of methoxy groups -OCH3 is 2. The van der Waals surface area contributed by atoms with Crippen molar-refractivity contribution in [2.24, 2.45) is 0 Å². The number of pyridine rings is 1. The number of aromatic nitrogens is 1. The Labute approximate surface area is 143 Å². The molecule has 0 unspecified atom stereocenters. The zero-order valence-corrected chi connectivity index (χ0v) is 14.5. The lowest BCUT2D eigenvalue weighted by Crippen LogP contribution is -1.89. The quantitative estimate of drug-likeness (QED) is 0.634. The lowest BCUT2D eigenvalue weighted by molar-refractivity contribution is 0.414. The van der Waals surface area contributed by atoms with Gasteiger partial charge in [-0.05, 0) is 42.5 Å². The minimum Gasteiger partial charge on any atom is -0.496 e. The summed E-state index contributed by atoms with van der Waals surface area (Å²) in [6, 6.07) is 15.8. The van der Waals surface area contributed by atoms with Crippen molar-refractivity contribution < 1.29 is 9.47 Å². The summed E-state index contributed by atoms with van der Waals surface area (Å²) >= 11 is 3.48. The molecule has 0 saturated carbocycles. The Balaban J connectivity index is 2.00. The highest BCUT2D eigenvalue weighted by Gasteiger charge is 2.04. The molecule has 3 aromatic rings. The summed E-state index contributed by atoms with van der Waals surface area (Å²) in [5.41, 5.74) is 2.71. The van der Waals surface area contributed by atoms with E-state index in [1.54, 1.807) is 14.2 Å². The predicted octanol–water partition coefficient (Wildman–Crippen LogP) is 5.18. The molecule has 1 heterocycles. The molecule has 0 aliphatic heterocycles. The van der Waals surface area contributed by atoms with Crippen LogP contribution >= 0.6 is 15.9 Å². The topological polar surface area (TPSA) is 31.4 Å². The van der Waals surface area contributed by atoms with Crippen molar-refractivity contribution in [2.75, 3.05) is 14.2 Å². The first-order valence-electron chi connectivity index (χ1n) is 7.16. The van der Waals surface area contributed by atoms with Crippen LogP contribution in [0.5, 0.6) is 11.5 Å². The van der Waals surface area contributed by atoms with Crippen LogP contribution in [0.1, 0.15) is 11.3 Å². The van der Waals surface area contributed by atoms with Crippen LogP contribution in [0.25, 0.3) is 23.1 Å². The molecule has 116 valence electrons. The average molecular weight is 370 g/mol. The summed E-state index contributed by atoms with van der Waals surface area (Å²) in [5.74, 6) is 1.60. The van der Waals surface area contributed by atoms with Gasteiger partial charge in [0.1, 0.15) is 17.0 Å². The second-order valence-corrected chi connectivity index (χ2v) is 5.90. The molecular weight excluding hydrogens is 354 g/mol. The normalized spacial score (nSPS) is 11.1. The molecule has 0 spiro atoms. The number of nitrogens with zero attached hydrogens (tertiary/aromatic N) is 1. The van der Waals surface area contributed by atoms with E-state index in [2.05, 4.69) is 20.9 Å². The molecule has 2 aromatic carbocycles. The number of para-hydroxylation sites is 1. The molecule has 4 heteroatoms. The van der Waals surface area contributed by atoms with Crippen LogP contribution < -0.4 is 9.47 Å². The Morgan fingerprint density at radius 3 is 2.52 bits per heavy atom. The van der Waals surface area contributed by atoms with Gasteiger partial charge >= 0.3 is 0 Å². The van der Waals surface area contributed by atoms with Gasteiger partial charge in [-0.3, -0.25) is 0 Å². The van der Waals surface area contributed by atoms with Crippen molar-refractivity contribution in [1.82, 2.24) is 4.98 Å². The van der Waals surface area contributed by atoms with Crippen molar-refractivity contribution in [3.05, 3.63) is 64.3 Å². The number of halogens is 1. The molecular formula is C19H16BrNO2. The van der Waals surface area contributed by atoms with E-state index >= 15 is 0 Å². The number of fused-ring (bicyclic) bond motifs is 1. The molecule has 0 bridgehead atoms. The number of rotatable bonds is 4. The molecule has 3 nitrogen and oxygen atoms in total. The molecule has 0 fully saturated rings. The van der Waals surface area contributed by atoms with Gasteiger partial charge in [-0.2, -0.15) is 0 Å². The van der Waals surface area contributed by atoms with Crippen molar-refractivity contribution in [2.45, 2.75) is 0 Å². The molecule has 0 amide bonds. The SMILES string of the molecule is COc1ccc(Br)cc1/C=C/c1ccc2cccc(OC)c2n1. The summed E-state index contributed by atoms with van der Waals surface area (Å²) in [7, 11) is 3.32. The van der Waals surface area contributed by atoms with Crippen LogP contribution in [0.2, 0.25) is 0 Å². The molecule has 0 atom stereocenters. The predicted molar refractivity (Wildman–Crippen MR) is 97.9 cm³/mol. The number of hydrogen-bond acceptors (Lipinski definition) is 3. The minimum absolute atomic E-state index is 0.776. The highest BCUT2D eigenvalue weighted by Crippen LogP contribution is 2.26. The van der Waals surface area contributed by atoms with Gasteiger partial charge in [0.25, 0.3) is 0 Å². The second kappa shape index (κ2) is 6.84. The average Bonchev–Trinajstić information content (AvgIpc) is 2.59. The van der Waals surface area contributed by atoms with E-state index in [1.165, 1.54) is 0 Å². The summed E-state index contributed by atoms with van der Waals surface area (Å²) in [5, 5.41) is 1.06. The molecule has 1 aromatic heterocycles. The fourth-order valence-electron chi connectivity index (χ4n) is 2.40. The summed E-state index contributed by atoms with van der Waals surface area (Å²) in [4.78, 5) is 4.67. The van der Waals surface area contributed by atoms with E-state index in [0.717, 1.165) is 38.1 Å². The maximum absolute atomic E-state index is 5.38. The first-order chi connectivity index (χ1) is 11.2. The fourth-order valence-corrected chi connectivity index (χ4v) is 2.78. The van der Waals surface area contributed by atoms with Gasteiger partial charge in [-0.1, -0.05) is 34.1 Å². The Kier molecular flexibility index (Phi) is 4.63. The van der Waals surface area contributed by atoms with Gasteiger partial charge in [0.05, 0.1) is 19.9 Å². The molecule has 0 N–H and O–H groups in total. The van der Waals surface area contributed by atoms with Crippen LogP contribution in [-0.4, -0.2) is 19.2 Å². The summed E-state index contributed by atoms with van der Waals surface area (Å²) < 4.78 is 11.8. The van der Waals surface area contributed by atoms with Crippen LogP contribution in [0, 0.1) is 0 Å². The third kappa shape index (κ3) is 3.37. The molecule has 0 radical (unpaired) electrons. The lowest BCUT2D eigenvalue weighted by Gasteiger charge is -2.06. The lowest BCUT2D eigenvalue weighted by atomic mass is 10.1. The Bertz CT molecular complexity index is 874. The molecule has 0 saturated heterocycles. The van der Waals surface area contributed by atoms with E-state index in [0.29, 0.717) is 0 Å². The fraction of sp³-hybridized carbons (Fsp3) is 0.105. The number of benzene rings is 2. The van der Waals surface area contributed by atoms with Gasteiger partial charge in [-0.25, -0.2) is 4.98 Å². The van der Waals surface area contributed by atoms with Crippen molar-refractivity contribution in [3.8, 4) is 11.5 Å². The third-order valence-electron chi connectivity index (χ3n) is 3.55. The van der Waals surface area contributed by atoms with Gasteiger partial charge in [0, 0.05) is 15.4 Å². The number of hydrogen-bond donors (Lipinski definition) is 0. The highest BCUT2D eigenvalue weighted by molar-refractivity contribution is 9.10. The third-order valence-corrected chi connectivity index (χ3v) is 4.04. The Hall–Kier alpha value is -2.33. The summed E-state index contributed by atoms with van der Waals surface area (Å²) in [6.45, 7) is 0. The zero-order chi connectivity index (χ0) is 16.2. The van der Waals surface area contributed by atoms with E-state index < -0.39 is 0 Å². The molecule has 0 aliphatic carbocycles. The molecule has 23 heavy (non-hydrogen) atoms.